The molecule has 1 fully saturated rings. The number of anilines is 1. The average molecular weight is 305 g/mol. The highest BCUT2D eigenvalue weighted by atomic mass is 19.1. The van der Waals surface area contributed by atoms with Crippen molar-refractivity contribution in [3.05, 3.63) is 53.5 Å². The maximum absolute atomic E-state index is 13.9. The molecule has 1 aliphatic rings. The first-order chi connectivity index (χ1) is 10.5. The summed E-state index contributed by atoms with van der Waals surface area (Å²) in [6, 6.07) is 3.61. The highest BCUT2D eigenvalue weighted by Crippen LogP contribution is 2.49. The van der Waals surface area contributed by atoms with Crippen LogP contribution in [0.2, 0.25) is 0 Å². The van der Waals surface area contributed by atoms with E-state index in [2.05, 4.69) is 15.3 Å². The Kier molecular flexibility index (Phi) is 3.48. The molecular weight excluding hydrogens is 292 g/mol. The van der Waals surface area contributed by atoms with Crippen molar-refractivity contribution in [2.24, 2.45) is 0 Å². The van der Waals surface area contributed by atoms with Gasteiger partial charge in [-0.1, -0.05) is 6.07 Å². The Labute approximate surface area is 125 Å². The van der Waals surface area contributed by atoms with Crippen LogP contribution in [-0.2, 0) is 5.41 Å². The van der Waals surface area contributed by atoms with E-state index < -0.39 is 17.6 Å². The van der Waals surface area contributed by atoms with Gasteiger partial charge in [-0.05, 0) is 24.5 Å². The molecule has 1 aromatic heterocycles. The van der Waals surface area contributed by atoms with E-state index in [1.165, 1.54) is 18.3 Å². The molecule has 1 saturated carbocycles. The second-order valence-electron chi connectivity index (χ2n) is 5.35. The molecule has 7 heteroatoms. The predicted molar refractivity (Wildman–Crippen MR) is 74.8 cm³/mol. The lowest BCUT2D eigenvalue weighted by Gasteiger charge is -2.17. The molecule has 0 unspecified atom stereocenters. The molecule has 1 aliphatic carbocycles. The number of hydrogen-bond donors (Lipinski definition) is 2. The summed E-state index contributed by atoms with van der Waals surface area (Å²) in [5.74, 6) is -1.88. The molecule has 2 aromatic rings. The second-order valence-corrected chi connectivity index (χ2v) is 5.35. The maximum atomic E-state index is 13.9. The number of hydrogen-bond acceptors (Lipinski definition) is 4. The standard InChI is InChI=1S/C15H13F2N3O2/c16-9-1-2-10(11(17)5-9)15(3-4-15)8-20-13-7-18-12(6-19-13)14(21)22/h1-2,5-7H,3-4,8H2,(H,19,20)(H,21,22). The van der Waals surface area contributed by atoms with E-state index in [1.807, 2.05) is 0 Å². The van der Waals surface area contributed by atoms with Gasteiger partial charge in [0.1, 0.15) is 17.5 Å². The number of aromatic nitrogens is 2. The van der Waals surface area contributed by atoms with Gasteiger partial charge >= 0.3 is 5.97 Å². The SMILES string of the molecule is O=C(O)c1cnc(NCC2(c3ccc(F)cc3F)CC2)cn1. The van der Waals surface area contributed by atoms with E-state index in [1.54, 1.807) is 0 Å². The first kappa shape index (κ1) is 14.4. The minimum atomic E-state index is -1.15. The van der Waals surface area contributed by atoms with E-state index in [4.69, 9.17) is 5.11 Å². The van der Waals surface area contributed by atoms with Crippen molar-refractivity contribution in [2.75, 3.05) is 11.9 Å². The Hall–Kier alpha value is -2.57. The summed E-state index contributed by atoms with van der Waals surface area (Å²) in [5.41, 5.74) is -0.0296. The number of carbonyl (C=O) groups is 1. The van der Waals surface area contributed by atoms with Crippen LogP contribution in [0.15, 0.2) is 30.6 Å². The lowest BCUT2D eigenvalue weighted by atomic mass is 9.95. The molecule has 0 bridgehead atoms. The molecule has 0 saturated heterocycles. The third-order valence-corrected chi connectivity index (χ3v) is 3.83. The van der Waals surface area contributed by atoms with Crippen LogP contribution in [0.3, 0.4) is 0 Å². The molecule has 0 radical (unpaired) electrons. The van der Waals surface area contributed by atoms with E-state index in [9.17, 15) is 13.6 Å². The molecule has 2 N–H and O–H groups in total. The largest absolute Gasteiger partial charge is 0.476 e. The van der Waals surface area contributed by atoms with Gasteiger partial charge in [-0.3, -0.25) is 0 Å². The van der Waals surface area contributed by atoms with Crippen LogP contribution in [0, 0.1) is 11.6 Å². The summed E-state index contributed by atoms with van der Waals surface area (Å²) in [7, 11) is 0. The smallest absolute Gasteiger partial charge is 0.356 e. The quantitative estimate of drug-likeness (QED) is 0.888. The molecule has 5 nitrogen and oxygen atoms in total. The zero-order valence-electron chi connectivity index (χ0n) is 11.5. The van der Waals surface area contributed by atoms with Crippen LogP contribution >= 0.6 is 0 Å². The molecule has 3 rings (SSSR count). The lowest BCUT2D eigenvalue weighted by molar-refractivity contribution is 0.0690. The number of halogens is 2. The van der Waals surface area contributed by atoms with Gasteiger partial charge < -0.3 is 10.4 Å². The number of carboxylic acids is 1. The number of nitrogens with one attached hydrogen (secondary N) is 1. The minimum Gasteiger partial charge on any atom is -0.476 e. The number of carboxylic acid groups (broad SMARTS) is 1. The highest BCUT2D eigenvalue weighted by molar-refractivity contribution is 5.84. The Morgan fingerprint density at radius 3 is 2.59 bits per heavy atom. The monoisotopic (exact) mass is 305 g/mol. The Morgan fingerprint density at radius 1 is 1.27 bits per heavy atom. The normalized spacial score (nSPS) is 15.4. The van der Waals surface area contributed by atoms with Crippen LogP contribution in [-0.4, -0.2) is 27.6 Å². The van der Waals surface area contributed by atoms with E-state index >= 15 is 0 Å². The van der Waals surface area contributed by atoms with Gasteiger partial charge in [0.25, 0.3) is 0 Å². The van der Waals surface area contributed by atoms with Crippen molar-refractivity contribution >= 4 is 11.8 Å². The molecule has 1 aromatic carbocycles. The van der Waals surface area contributed by atoms with Crippen molar-refractivity contribution in [3.63, 3.8) is 0 Å². The summed E-state index contributed by atoms with van der Waals surface area (Å²) >= 11 is 0. The first-order valence-corrected chi connectivity index (χ1v) is 6.75. The summed E-state index contributed by atoms with van der Waals surface area (Å²) < 4.78 is 26.9. The number of benzene rings is 1. The molecule has 0 spiro atoms. The van der Waals surface area contributed by atoms with Crippen LogP contribution in [0.5, 0.6) is 0 Å². The Morgan fingerprint density at radius 2 is 2.05 bits per heavy atom. The van der Waals surface area contributed by atoms with Gasteiger partial charge in [0.2, 0.25) is 0 Å². The van der Waals surface area contributed by atoms with Crippen LogP contribution in [0.4, 0.5) is 14.6 Å². The van der Waals surface area contributed by atoms with Crippen molar-refractivity contribution in [1.29, 1.82) is 0 Å². The number of nitrogens with zero attached hydrogens (tertiary/aromatic N) is 2. The second kappa shape index (κ2) is 5.32. The molecule has 0 amide bonds. The van der Waals surface area contributed by atoms with Crippen molar-refractivity contribution in [2.45, 2.75) is 18.3 Å². The fourth-order valence-corrected chi connectivity index (χ4v) is 2.40. The lowest BCUT2D eigenvalue weighted by Crippen LogP contribution is -2.21. The zero-order chi connectivity index (χ0) is 15.7. The predicted octanol–water partition coefficient (Wildman–Crippen LogP) is 2.60. The number of aromatic carboxylic acids is 1. The third-order valence-electron chi connectivity index (χ3n) is 3.83. The minimum absolute atomic E-state index is 0.142. The third kappa shape index (κ3) is 2.74. The topological polar surface area (TPSA) is 75.1 Å². The molecular formula is C15H13F2N3O2. The van der Waals surface area contributed by atoms with Crippen LogP contribution in [0.1, 0.15) is 28.9 Å². The van der Waals surface area contributed by atoms with Crippen LogP contribution in [0.25, 0.3) is 0 Å². The van der Waals surface area contributed by atoms with Crippen molar-refractivity contribution in [3.8, 4) is 0 Å². The van der Waals surface area contributed by atoms with Crippen LogP contribution < -0.4 is 5.32 Å². The van der Waals surface area contributed by atoms with Gasteiger partial charge in [0.05, 0.1) is 12.4 Å². The van der Waals surface area contributed by atoms with Gasteiger partial charge in [-0.2, -0.15) is 0 Å². The molecule has 22 heavy (non-hydrogen) atoms. The van der Waals surface area contributed by atoms with Crippen molar-refractivity contribution in [1.82, 2.24) is 9.97 Å². The molecule has 0 atom stereocenters. The summed E-state index contributed by atoms with van der Waals surface area (Å²) in [6.07, 6.45) is 4.07. The fraction of sp³-hybridized carbons (Fsp3) is 0.267. The van der Waals surface area contributed by atoms with E-state index in [-0.39, 0.29) is 11.1 Å². The molecule has 114 valence electrons. The highest BCUT2D eigenvalue weighted by Gasteiger charge is 2.45. The van der Waals surface area contributed by atoms with Gasteiger partial charge in [0, 0.05) is 18.0 Å². The Bertz CT molecular complexity index is 715. The summed E-state index contributed by atoms with van der Waals surface area (Å²) in [6.45, 7) is 0.427. The first-order valence-electron chi connectivity index (χ1n) is 6.75. The maximum Gasteiger partial charge on any atom is 0.356 e. The summed E-state index contributed by atoms with van der Waals surface area (Å²) in [4.78, 5) is 18.4. The fourth-order valence-electron chi connectivity index (χ4n) is 2.40. The zero-order valence-corrected chi connectivity index (χ0v) is 11.5. The molecule has 1 heterocycles. The van der Waals surface area contributed by atoms with E-state index in [0.717, 1.165) is 25.1 Å². The average Bonchev–Trinajstić information content (AvgIpc) is 3.26. The van der Waals surface area contributed by atoms with E-state index in [0.29, 0.717) is 17.9 Å². The summed E-state index contributed by atoms with van der Waals surface area (Å²) in [5, 5.41) is 11.8. The van der Waals surface area contributed by atoms with Gasteiger partial charge in [-0.25, -0.2) is 23.5 Å². The Balaban J connectivity index is 1.71. The number of rotatable bonds is 5. The van der Waals surface area contributed by atoms with Gasteiger partial charge in [-0.15, -0.1) is 0 Å². The van der Waals surface area contributed by atoms with Gasteiger partial charge in [0.15, 0.2) is 5.69 Å². The van der Waals surface area contributed by atoms with Crippen molar-refractivity contribution < 1.29 is 18.7 Å². The molecule has 0 aliphatic heterocycles.